The van der Waals surface area contributed by atoms with Crippen molar-refractivity contribution in [1.29, 1.82) is 0 Å². The van der Waals surface area contributed by atoms with Crippen LogP contribution < -0.4 is 4.74 Å². The molecular weight excluding hydrogens is 649 g/mol. The molecule has 258 valence electrons. The van der Waals surface area contributed by atoms with Crippen LogP contribution >= 0.6 is 0 Å². The molecule has 3 aromatic heterocycles. The normalized spacial score (nSPS) is 11.7. The molecule has 6 rings (SSSR count). The molecule has 0 spiro atoms. The van der Waals surface area contributed by atoms with Gasteiger partial charge in [0.15, 0.2) is 5.82 Å². The highest BCUT2D eigenvalue weighted by Gasteiger charge is 2.21. The Morgan fingerprint density at radius 1 is 0.900 bits per heavy atom. The number of carbonyl (C=O) groups is 1. The van der Waals surface area contributed by atoms with Crippen LogP contribution in [0.1, 0.15) is 48.1 Å². The number of hydrogen-bond donors (Lipinski definition) is 0. The van der Waals surface area contributed by atoms with Crippen molar-refractivity contribution in [2.24, 2.45) is 7.05 Å². The van der Waals surface area contributed by atoms with Gasteiger partial charge in [-0.25, -0.2) is 37.6 Å². The lowest BCUT2D eigenvalue weighted by Gasteiger charge is -2.19. The van der Waals surface area contributed by atoms with Crippen molar-refractivity contribution in [2.75, 3.05) is 13.7 Å². The smallest absolute Gasteiger partial charge is 0.338 e. The number of fused-ring (bicyclic) bond motifs is 1. The molecule has 3 heterocycles. The number of benzene rings is 3. The summed E-state index contributed by atoms with van der Waals surface area (Å²) >= 11 is 0. The van der Waals surface area contributed by atoms with Crippen molar-refractivity contribution >= 4 is 17.0 Å². The van der Waals surface area contributed by atoms with Gasteiger partial charge in [0.2, 0.25) is 5.88 Å². The second-order valence-electron chi connectivity index (χ2n) is 12.6. The fourth-order valence-electron chi connectivity index (χ4n) is 5.45. The third-order valence-electron chi connectivity index (χ3n) is 7.86. The van der Waals surface area contributed by atoms with Crippen LogP contribution in [0.3, 0.4) is 0 Å². The molecule has 0 fully saturated rings. The topological polar surface area (TPSA) is 106 Å². The van der Waals surface area contributed by atoms with Gasteiger partial charge in [-0.05, 0) is 68.8 Å². The number of imidazole rings is 1. The molecule has 50 heavy (non-hydrogen) atoms. The van der Waals surface area contributed by atoms with Crippen LogP contribution in [0.5, 0.6) is 5.88 Å². The van der Waals surface area contributed by atoms with E-state index in [9.17, 15) is 9.18 Å². The van der Waals surface area contributed by atoms with Crippen LogP contribution in [-0.2, 0) is 36.1 Å². The fourth-order valence-corrected chi connectivity index (χ4v) is 5.45. The summed E-state index contributed by atoms with van der Waals surface area (Å²) in [5, 5.41) is 4.01. The molecule has 0 saturated heterocycles. The second-order valence-corrected chi connectivity index (χ2v) is 12.6. The van der Waals surface area contributed by atoms with E-state index in [1.165, 1.54) is 18.5 Å². The standard InChI is InChI=1S/C37H35F3N6O4/c1-37(2,3)50-36(47)23-11-12-31-32(17-23)46(13-14-48-5)33(43-31)18-25-16-29(40)26(19-28(25)39)30-7-6-8-34(44-30)49-20-24-10-9-22(15-27(24)38)35-41-21-42-45(35)4/h6-12,15-17,19,21H,13-14,18,20H2,1-5H3. The van der Waals surface area contributed by atoms with Gasteiger partial charge in [0.25, 0.3) is 0 Å². The predicted octanol–water partition coefficient (Wildman–Crippen LogP) is 7.08. The maximum atomic E-state index is 15.6. The van der Waals surface area contributed by atoms with Crippen molar-refractivity contribution in [2.45, 2.75) is 45.9 Å². The van der Waals surface area contributed by atoms with Gasteiger partial charge in [0, 0.05) is 49.9 Å². The largest absolute Gasteiger partial charge is 0.473 e. The van der Waals surface area contributed by atoms with E-state index in [1.54, 1.807) is 82.1 Å². The van der Waals surface area contributed by atoms with E-state index in [-0.39, 0.29) is 41.3 Å². The van der Waals surface area contributed by atoms with E-state index in [0.29, 0.717) is 47.0 Å². The van der Waals surface area contributed by atoms with Crippen molar-refractivity contribution < 1.29 is 32.2 Å². The summed E-state index contributed by atoms with van der Waals surface area (Å²) in [5.41, 5.74) is 1.91. The molecule has 13 heteroatoms. The van der Waals surface area contributed by atoms with Gasteiger partial charge in [-0.2, -0.15) is 5.10 Å². The van der Waals surface area contributed by atoms with Crippen LogP contribution in [0.15, 0.2) is 73.1 Å². The van der Waals surface area contributed by atoms with Gasteiger partial charge in [0.1, 0.15) is 41.8 Å². The van der Waals surface area contributed by atoms with Crippen LogP contribution in [0.2, 0.25) is 0 Å². The highest BCUT2D eigenvalue weighted by Crippen LogP contribution is 2.29. The third-order valence-corrected chi connectivity index (χ3v) is 7.86. The molecule has 10 nitrogen and oxygen atoms in total. The minimum absolute atomic E-state index is 0.0270. The number of ether oxygens (including phenoxy) is 3. The Balaban J connectivity index is 1.22. The summed E-state index contributed by atoms with van der Waals surface area (Å²) in [6.07, 6.45) is 1.36. The van der Waals surface area contributed by atoms with E-state index in [2.05, 4.69) is 20.1 Å². The summed E-state index contributed by atoms with van der Waals surface area (Å²) in [4.78, 5) is 25.9. The van der Waals surface area contributed by atoms with E-state index in [0.717, 1.165) is 12.1 Å². The van der Waals surface area contributed by atoms with Crippen LogP contribution in [0, 0.1) is 17.5 Å². The third kappa shape index (κ3) is 7.52. The number of carbonyl (C=O) groups excluding carboxylic acids is 1. The van der Waals surface area contributed by atoms with Gasteiger partial charge in [0.05, 0.1) is 28.9 Å². The number of pyridine rings is 1. The zero-order chi connectivity index (χ0) is 35.6. The fraction of sp³-hybridized carbons (Fsp3) is 0.270. The second kappa shape index (κ2) is 14.1. The van der Waals surface area contributed by atoms with Gasteiger partial charge in [-0.3, -0.25) is 0 Å². The molecule has 0 unspecified atom stereocenters. The van der Waals surface area contributed by atoms with Gasteiger partial charge >= 0.3 is 5.97 Å². The first-order valence-corrected chi connectivity index (χ1v) is 15.8. The van der Waals surface area contributed by atoms with E-state index < -0.39 is 29.0 Å². The number of nitrogens with zero attached hydrogens (tertiary/aromatic N) is 6. The van der Waals surface area contributed by atoms with Crippen LogP contribution in [0.4, 0.5) is 13.2 Å². The Morgan fingerprint density at radius 2 is 1.70 bits per heavy atom. The van der Waals surface area contributed by atoms with Crippen molar-refractivity contribution in [3.8, 4) is 28.5 Å². The Kier molecular flexibility index (Phi) is 9.69. The van der Waals surface area contributed by atoms with E-state index >= 15 is 8.78 Å². The molecule has 0 radical (unpaired) electrons. The monoisotopic (exact) mass is 684 g/mol. The van der Waals surface area contributed by atoms with Gasteiger partial charge in [-0.1, -0.05) is 18.2 Å². The summed E-state index contributed by atoms with van der Waals surface area (Å²) in [6.45, 7) is 5.92. The van der Waals surface area contributed by atoms with Gasteiger partial charge < -0.3 is 18.8 Å². The Bertz CT molecular complexity index is 2190. The average molecular weight is 685 g/mol. The molecule has 0 aliphatic carbocycles. The molecule has 0 aliphatic heterocycles. The van der Waals surface area contributed by atoms with Crippen molar-refractivity contribution in [3.63, 3.8) is 0 Å². The zero-order valence-corrected chi connectivity index (χ0v) is 28.2. The molecule has 0 amide bonds. The maximum Gasteiger partial charge on any atom is 0.338 e. The van der Waals surface area contributed by atoms with E-state index in [1.807, 2.05) is 4.57 Å². The Labute approximate surface area is 286 Å². The Hall–Kier alpha value is -5.56. The molecular formula is C37H35F3N6O4. The molecule has 0 saturated carbocycles. The maximum absolute atomic E-state index is 15.6. The highest BCUT2D eigenvalue weighted by atomic mass is 19.1. The lowest BCUT2D eigenvalue weighted by atomic mass is 10.0. The molecule has 0 bridgehead atoms. The lowest BCUT2D eigenvalue weighted by Crippen LogP contribution is -2.23. The number of aromatic nitrogens is 6. The molecule has 3 aromatic carbocycles. The SMILES string of the molecule is COCCn1c(Cc2cc(F)c(-c3cccc(OCc4ccc(-c5ncnn5C)cc4F)n3)cc2F)nc2ccc(C(=O)OC(C)(C)C)cc21. The lowest BCUT2D eigenvalue weighted by molar-refractivity contribution is 0.00696. The molecule has 0 atom stereocenters. The van der Waals surface area contributed by atoms with Crippen LogP contribution in [-0.4, -0.2) is 54.6 Å². The van der Waals surface area contributed by atoms with Gasteiger partial charge in [-0.15, -0.1) is 0 Å². The average Bonchev–Trinajstić information content (AvgIpc) is 3.66. The predicted molar refractivity (Wildman–Crippen MR) is 180 cm³/mol. The Morgan fingerprint density at radius 3 is 2.42 bits per heavy atom. The number of aryl methyl sites for hydroxylation is 1. The minimum Gasteiger partial charge on any atom is -0.473 e. The quantitative estimate of drug-likeness (QED) is 0.133. The highest BCUT2D eigenvalue weighted by molar-refractivity contribution is 5.94. The van der Waals surface area contributed by atoms with E-state index in [4.69, 9.17) is 14.2 Å². The molecule has 6 aromatic rings. The number of halogens is 3. The molecule has 0 N–H and O–H groups in total. The number of hydrogen-bond acceptors (Lipinski definition) is 8. The first-order chi connectivity index (χ1) is 23.9. The number of methoxy groups -OCH3 is 1. The summed E-state index contributed by atoms with van der Waals surface area (Å²) in [6, 6.07) is 16.5. The number of rotatable bonds is 11. The summed E-state index contributed by atoms with van der Waals surface area (Å²) < 4.78 is 66.0. The minimum atomic E-state index is -0.691. The first-order valence-electron chi connectivity index (χ1n) is 15.8. The van der Waals surface area contributed by atoms with Crippen molar-refractivity contribution in [1.82, 2.24) is 29.3 Å². The summed E-state index contributed by atoms with van der Waals surface area (Å²) in [5.74, 6) is -1.22. The zero-order valence-electron chi connectivity index (χ0n) is 28.2. The summed E-state index contributed by atoms with van der Waals surface area (Å²) in [7, 11) is 3.27. The number of esters is 1. The van der Waals surface area contributed by atoms with Crippen LogP contribution in [0.25, 0.3) is 33.7 Å². The molecule has 0 aliphatic rings. The van der Waals surface area contributed by atoms with Crippen molar-refractivity contribution in [3.05, 3.63) is 113 Å². The first kappa shape index (κ1) is 34.3.